The van der Waals surface area contributed by atoms with E-state index >= 15 is 0 Å². The van der Waals surface area contributed by atoms with Gasteiger partial charge in [0.15, 0.2) is 5.58 Å². The Balaban J connectivity index is 1.35. The number of pyridine rings is 1. The van der Waals surface area contributed by atoms with Gasteiger partial charge in [0.25, 0.3) is 0 Å². The van der Waals surface area contributed by atoms with Crippen LogP contribution >= 0.6 is 0 Å². The van der Waals surface area contributed by atoms with E-state index in [4.69, 9.17) is 13.8 Å². The van der Waals surface area contributed by atoms with Crippen molar-refractivity contribution in [2.45, 2.75) is 0 Å². The lowest BCUT2D eigenvalue weighted by molar-refractivity contribution is 0.668. The van der Waals surface area contributed by atoms with Crippen LogP contribution in [-0.4, -0.2) is 4.98 Å². The molecule has 0 saturated carbocycles. The number of furan rings is 2. The summed E-state index contributed by atoms with van der Waals surface area (Å²) >= 11 is 0. The lowest BCUT2D eigenvalue weighted by Crippen LogP contribution is -1.95. The second-order valence-corrected chi connectivity index (χ2v) is 12.9. The summed E-state index contributed by atoms with van der Waals surface area (Å²) in [6, 6.07) is 52.5. The summed E-state index contributed by atoms with van der Waals surface area (Å²) in [5, 5.41) is 21.4. The third kappa shape index (κ3) is 3.56. The second-order valence-electron chi connectivity index (χ2n) is 12.9. The highest BCUT2D eigenvalue weighted by Gasteiger charge is 2.25. The highest BCUT2D eigenvalue weighted by molar-refractivity contribution is 6.30. The summed E-state index contributed by atoms with van der Waals surface area (Å²) in [6.07, 6.45) is 0. The van der Waals surface area contributed by atoms with E-state index in [1.807, 2.05) is 54.6 Å². The van der Waals surface area contributed by atoms with Crippen LogP contribution < -0.4 is 0 Å². The average Bonchev–Trinajstić information content (AvgIpc) is 3.76. The average molecular weight is 637 g/mol. The molecule has 0 atom stereocenters. The number of nitrogens with zero attached hydrogens (tertiary/aromatic N) is 2. The quantitative estimate of drug-likeness (QED) is 0.177. The van der Waals surface area contributed by atoms with E-state index in [2.05, 4.69) is 97.1 Å². The van der Waals surface area contributed by atoms with Gasteiger partial charge in [0, 0.05) is 32.5 Å². The molecule has 0 amide bonds. The fourth-order valence-electron chi connectivity index (χ4n) is 8.18. The zero-order valence-electron chi connectivity index (χ0n) is 26.6. The maximum Gasteiger partial charge on any atom is 0.161 e. The number of nitriles is 1. The molecule has 0 spiro atoms. The summed E-state index contributed by atoms with van der Waals surface area (Å²) in [4.78, 5) is 5.60. The van der Waals surface area contributed by atoms with Crippen LogP contribution in [0, 0.1) is 11.3 Å². The lowest BCUT2D eigenvalue weighted by atomic mass is 9.84. The van der Waals surface area contributed by atoms with Crippen molar-refractivity contribution < 1.29 is 8.83 Å². The number of aromatic nitrogens is 1. The zero-order chi connectivity index (χ0) is 32.9. The Kier molecular flexibility index (Phi) is 5.42. The fourth-order valence-corrected chi connectivity index (χ4v) is 8.18. The SMILES string of the molecule is N#Cc1ccc(-c2c3ccccc3c(-c3nc4c(ccc5c6ccccc6oc54)c4oc5ccccc5c34)c3ccccc23)c2ccccc12. The first-order valence-electron chi connectivity index (χ1n) is 16.7. The molecule has 230 valence electrons. The number of hydrogen-bond donors (Lipinski definition) is 0. The summed E-state index contributed by atoms with van der Waals surface area (Å²) < 4.78 is 13.3. The molecule has 0 unspecified atom stereocenters. The van der Waals surface area contributed by atoms with Gasteiger partial charge in [-0.15, -0.1) is 0 Å². The van der Waals surface area contributed by atoms with Crippen molar-refractivity contribution in [1.82, 2.24) is 4.98 Å². The van der Waals surface area contributed by atoms with Crippen molar-refractivity contribution in [3.05, 3.63) is 151 Å². The van der Waals surface area contributed by atoms with Gasteiger partial charge in [-0.1, -0.05) is 115 Å². The summed E-state index contributed by atoms with van der Waals surface area (Å²) in [5.41, 5.74) is 8.76. The molecular formula is C46H24N2O2. The van der Waals surface area contributed by atoms with E-state index < -0.39 is 0 Å². The van der Waals surface area contributed by atoms with Crippen LogP contribution in [0.5, 0.6) is 0 Å². The van der Waals surface area contributed by atoms with E-state index in [1.165, 1.54) is 0 Å². The standard InChI is InChI=1S/C46H24N2O2/c47-25-26-21-22-34(28-12-2-1-11-27(26)28)40-30-14-3-5-16-32(30)41(33-17-6-4-15-31(33)40)44-42-36-18-8-10-20-39(36)49-45(42)37-24-23-35-29-13-7-9-19-38(29)50-46(35)43(37)48-44/h1-24H. The molecule has 11 aromatic rings. The van der Waals surface area contributed by atoms with Gasteiger partial charge in [0.1, 0.15) is 22.3 Å². The minimum Gasteiger partial charge on any atom is -0.455 e. The molecule has 0 fully saturated rings. The lowest BCUT2D eigenvalue weighted by Gasteiger charge is -2.19. The number of rotatable bonds is 2. The van der Waals surface area contributed by atoms with Crippen LogP contribution in [0.15, 0.2) is 154 Å². The van der Waals surface area contributed by atoms with Crippen LogP contribution in [0.3, 0.4) is 0 Å². The van der Waals surface area contributed by atoms with Crippen LogP contribution in [0.2, 0.25) is 0 Å². The molecule has 0 N–H and O–H groups in total. The molecule has 0 aliphatic carbocycles. The maximum atomic E-state index is 9.96. The van der Waals surface area contributed by atoms with Gasteiger partial charge < -0.3 is 8.83 Å². The Morgan fingerprint density at radius 2 is 0.940 bits per heavy atom. The van der Waals surface area contributed by atoms with Crippen molar-refractivity contribution in [2.24, 2.45) is 0 Å². The van der Waals surface area contributed by atoms with Crippen LogP contribution in [0.25, 0.3) is 109 Å². The van der Waals surface area contributed by atoms with E-state index in [0.717, 1.165) is 109 Å². The Hall–Kier alpha value is -6.96. The molecule has 4 nitrogen and oxygen atoms in total. The molecule has 4 heteroatoms. The highest BCUT2D eigenvalue weighted by atomic mass is 16.3. The van der Waals surface area contributed by atoms with Crippen molar-refractivity contribution in [1.29, 1.82) is 5.26 Å². The Bertz CT molecular complexity index is 3230. The van der Waals surface area contributed by atoms with Crippen molar-refractivity contribution in [2.75, 3.05) is 0 Å². The molecular weight excluding hydrogens is 613 g/mol. The minimum absolute atomic E-state index is 0.668. The normalized spacial score (nSPS) is 12.0. The first-order chi connectivity index (χ1) is 24.8. The number of para-hydroxylation sites is 2. The van der Waals surface area contributed by atoms with E-state index in [-0.39, 0.29) is 0 Å². The van der Waals surface area contributed by atoms with Gasteiger partial charge in [-0.2, -0.15) is 5.26 Å². The zero-order valence-corrected chi connectivity index (χ0v) is 26.6. The Morgan fingerprint density at radius 1 is 0.420 bits per heavy atom. The molecule has 0 radical (unpaired) electrons. The first kappa shape index (κ1) is 27.0. The highest BCUT2D eigenvalue weighted by Crippen LogP contribution is 2.49. The molecule has 0 aliphatic heterocycles. The van der Waals surface area contributed by atoms with Gasteiger partial charge in [-0.25, -0.2) is 4.98 Å². The van der Waals surface area contributed by atoms with E-state index in [0.29, 0.717) is 5.56 Å². The summed E-state index contributed by atoms with van der Waals surface area (Å²) in [6.45, 7) is 0. The molecule has 8 aromatic carbocycles. The topological polar surface area (TPSA) is 63.0 Å². The predicted molar refractivity (Wildman–Crippen MR) is 204 cm³/mol. The predicted octanol–water partition coefficient (Wildman–Crippen LogP) is 12.7. The summed E-state index contributed by atoms with van der Waals surface area (Å²) in [5.74, 6) is 0. The molecule has 0 bridgehead atoms. The second kappa shape index (κ2) is 10.0. The smallest absolute Gasteiger partial charge is 0.161 e. The fraction of sp³-hybridized carbons (Fsp3) is 0. The third-order valence-corrected chi connectivity index (χ3v) is 10.3. The number of hydrogen-bond acceptors (Lipinski definition) is 4. The molecule has 3 aromatic heterocycles. The van der Waals surface area contributed by atoms with Crippen molar-refractivity contribution in [3.63, 3.8) is 0 Å². The monoisotopic (exact) mass is 636 g/mol. The van der Waals surface area contributed by atoms with Gasteiger partial charge in [-0.3, -0.25) is 0 Å². The molecule has 50 heavy (non-hydrogen) atoms. The molecule has 3 heterocycles. The number of benzene rings is 8. The Labute approximate surface area is 285 Å². The molecule has 0 aliphatic rings. The first-order valence-corrected chi connectivity index (χ1v) is 16.7. The Morgan fingerprint density at radius 3 is 1.62 bits per heavy atom. The molecule has 11 rings (SSSR count). The largest absolute Gasteiger partial charge is 0.455 e. The van der Waals surface area contributed by atoms with E-state index in [9.17, 15) is 5.26 Å². The van der Waals surface area contributed by atoms with Gasteiger partial charge in [-0.05, 0) is 68.4 Å². The van der Waals surface area contributed by atoms with Crippen LogP contribution in [-0.2, 0) is 0 Å². The van der Waals surface area contributed by atoms with Gasteiger partial charge in [0.05, 0.1) is 22.7 Å². The van der Waals surface area contributed by atoms with Crippen molar-refractivity contribution in [3.8, 4) is 28.5 Å². The van der Waals surface area contributed by atoms with E-state index in [1.54, 1.807) is 0 Å². The van der Waals surface area contributed by atoms with Gasteiger partial charge >= 0.3 is 0 Å². The van der Waals surface area contributed by atoms with Gasteiger partial charge in [0.2, 0.25) is 0 Å². The third-order valence-electron chi connectivity index (χ3n) is 10.3. The molecule has 0 saturated heterocycles. The van der Waals surface area contributed by atoms with Crippen molar-refractivity contribution >= 4 is 87.1 Å². The minimum atomic E-state index is 0.668. The maximum absolute atomic E-state index is 9.96. The summed E-state index contributed by atoms with van der Waals surface area (Å²) in [7, 11) is 0. The van der Waals surface area contributed by atoms with Crippen LogP contribution in [0.1, 0.15) is 5.56 Å². The van der Waals surface area contributed by atoms with Crippen LogP contribution in [0.4, 0.5) is 0 Å². The number of fused-ring (bicyclic) bond motifs is 12.